The van der Waals surface area contributed by atoms with Gasteiger partial charge in [0, 0.05) is 17.1 Å². The minimum absolute atomic E-state index is 0.0256. The molecular formula is C22H22BrN9O2. The molecule has 3 aromatic heterocycles. The number of anilines is 3. The lowest BCUT2D eigenvalue weighted by atomic mass is 10.2. The molecule has 0 saturated carbocycles. The Balaban J connectivity index is 1.66. The Morgan fingerprint density at radius 3 is 2.59 bits per heavy atom. The molecule has 0 aliphatic rings. The highest BCUT2D eigenvalue weighted by atomic mass is 79.9. The summed E-state index contributed by atoms with van der Waals surface area (Å²) in [6, 6.07) is 10.5. The van der Waals surface area contributed by atoms with E-state index in [2.05, 4.69) is 46.6 Å². The Hall–Kier alpha value is -4.06. The third-order valence-electron chi connectivity index (χ3n) is 4.87. The molecule has 0 unspecified atom stereocenters. The van der Waals surface area contributed by atoms with Gasteiger partial charge in [-0.15, -0.1) is 5.10 Å². The summed E-state index contributed by atoms with van der Waals surface area (Å²) >= 11 is 3.29. The molecule has 0 bridgehead atoms. The normalized spacial score (nSPS) is 10.9. The monoisotopic (exact) mass is 523 g/mol. The Kier molecular flexibility index (Phi) is 6.68. The van der Waals surface area contributed by atoms with Gasteiger partial charge in [0.2, 0.25) is 5.91 Å². The van der Waals surface area contributed by atoms with Crippen LogP contribution in [0.3, 0.4) is 0 Å². The second kappa shape index (κ2) is 9.83. The van der Waals surface area contributed by atoms with E-state index in [1.807, 2.05) is 26.0 Å². The molecular weight excluding hydrogens is 502 g/mol. The lowest BCUT2D eigenvalue weighted by molar-refractivity contribution is -0.115. The topological polar surface area (TPSA) is 144 Å². The number of hydrogen-bond donors (Lipinski definition) is 3. The average Bonchev–Trinajstić information content (AvgIpc) is 3.17. The molecule has 4 aromatic rings. The van der Waals surface area contributed by atoms with E-state index in [-0.39, 0.29) is 24.2 Å². The van der Waals surface area contributed by atoms with Crippen molar-refractivity contribution < 1.29 is 9.59 Å². The van der Waals surface area contributed by atoms with Crippen LogP contribution >= 0.6 is 15.9 Å². The molecule has 34 heavy (non-hydrogen) atoms. The number of nitrogens with two attached hydrogens (primary N) is 1. The minimum Gasteiger partial charge on any atom is -0.364 e. The van der Waals surface area contributed by atoms with Crippen molar-refractivity contribution in [1.82, 2.24) is 24.8 Å². The van der Waals surface area contributed by atoms with Crippen LogP contribution in [0.1, 0.15) is 24.3 Å². The number of rotatable bonds is 8. The van der Waals surface area contributed by atoms with Crippen molar-refractivity contribution in [1.29, 1.82) is 0 Å². The summed E-state index contributed by atoms with van der Waals surface area (Å²) in [5.74, 6) is -0.534. The summed E-state index contributed by atoms with van der Waals surface area (Å²) in [6.07, 6.45) is 4.71. The van der Waals surface area contributed by atoms with Crippen molar-refractivity contribution in [3.63, 3.8) is 0 Å². The number of nitrogens with zero attached hydrogens (tertiary/aromatic N) is 6. The van der Waals surface area contributed by atoms with Crippen LogP contribution in [0, 0.1) is 0 Å². The van der Waals surface area contributed by atoms with Gasteiger partial charge in [-0.2, -0.15) is 4.79 Å². The highest BCUT2D eigenvalue weighted by Crippen LogP contribution is 2.25. The number of carbonyl (C=O) groups excluding carboxylic acids is 2. The molecule has 4 N–H and O–H groups in total. The zero-order valence-electron chi connectivity index (χ0n) is 18.4. The van der Waals surface area contributed by atoms with Gasteiger partial charge in [-0.25, -0.2) is 15.0 Å². The van der Waals surface area contributed by atoms with Crippen LogP contribution in [-0.4, -0.2) is 49.2 Å². The summed E-state index contributed by atoms with van der Waals surface area (Å²) in [5, 5.41) is 12.7. The maximum Gasteiger partial charge on any atom is 0.269 e. The number of hydrogen-bond acceptors (Lipinski definition) is 8. The number of fused-ring (bicyclic) bond motifs is 1. The Bertz CT molecular complexity index is 1340. The molecule has 174 valence electrons. The molecule has 0 radical (unpaired) electrons. The standard InChI is InChI=1S/C22H22BrN9O2/c1-13(2)31(11-20(33)29-19-5-3-4-18(23)28-19)32-17-7-6-14(27-15-9-25-12-26-10-15)8-16(17)21(30-32)22(24)34/h3-10,12-13,27H,11H2,1-2H3,(H2,24,34)(H,28,29,33). The number of pyridine rings is 1. The smallest absolute Gasteiger partial charge is 0.269 e. The lowest BCUT2D eigenvalue weighted by Gasteiger charge is -2.28. The summed E-state index contributed by atoms with van der Waals surface area (Å²) in [6.45, 7) is 3.82. The first-order valence-corrected chi connectivity index (χ1v) is 11.1. The van der Waals surface area contributed by atoms with Gasteiger partial charge in [-0.1, -0.05) is 6.07 Å². The zero-order valence-corrected chi connectivity index (χ0v) is 20.0. The summed E-state index contributed by atoms with van der Waals surface area (Å²) in [4.78, 5) is 38.7. The fourth-order valence-corrected chi connectivity index (χ4v) is 3.71. The van der Waals surface area contributed by atoms with E-state index in [4.69, 9.17) is 5.73 Å². The SMILES string of the molecule is CC(C)N(CC(=O)Nc1cccc(Br)n1)n1nc(C(N)=O)c2cc(Nc3cncnc3)ccc21. The van der Waals surface area contributed by atoms with Gasteiger partial charge in [-0.05, 0) is 60.1 Å². The van der Waals surface area contributed by atoms with Gasteiger partial charge in [0.15, 0.2) is 5.69 Å². The van der Waals surface area contributed by atoms with E-state index >= 15 is 0 Å². The molecule has 0 saturated heterocycles. The van der Waals surface area contributed by atoms with E-state index in [1.54, 1.807) is 46.5 Å². The fraction of sp³-hybridized carbons (Fsp3) is 0.182. The molecule has 0 fully saturated rings. The zero-order chi connectivity index (χ0) is 24.2. The third kappa shape index (κ3) is 5.12. The van der Waals surface area contributed by atoms with E-state index in [0.29, 0.717) is 32.7 Å². The van der Waals surface area contributed by atoms with E-state index in [0.717, 1.165) is 0 Å². The first kappa shape index (κ1) is 23.1. The van der Waals surface area contributed by atoms with Crippen molar-refractivity contribution in [2.24, 2.45) is 5.73 Å². The lowest BCUT2D eigenvalue weighted by Crippen LogP contribution is -2.46. The molecule has 11 nitrogen and oxygen atoms in total. The Morgan fingerprint density at radius 1 is 1.15 bits per heavy atom. The van der Waals surface area contributed by atoms with Crippen LogP contribution in [0.4, 0.5) is 17.2 Å². The van der Waals surface area contributed by atoms with Crippen molar-refractivity contribution >= 4 is 55.8 Å². The summed E-state index contributed by atoms with van der Waals surface area (Å²) < 4.78 is 0.613. The number of benzene rings is 1. The number of halogens is 1. The number of nitrogens with one attached hydrogen (secondary N) is 2. The molecule has 3 heterocycles. The minimum atomic E-state index is -0.671. The molecule has 0 spiro atoms. The molecule has 2 amide bonds. The van der Waals surface area contributed by atoms with Crippen molar-refractivity contribution in [2.75, 3.05) is 22.2 Å². The van der Waals surface area contributed by atoms with Crippen molar-refractivity contribution in [2.45, 2.75) is 19.9 Å². The van der Waals surface area contributed by atoms with Crippen LogP contribution < -0.4 is 21.4 Å². The van der Waals surface area contributed by atoms with Gasteiger partial charge in [0.25, 0.3) is 5.91 Å². The van der Waals surface area contributed by atoms with E-state index in [1.165, 1.54) is 6.33 Å². The summed E-state index contributed by atoms with van der Waals surface area (Å²) in [5.41, 5.74) is 7.75. The fourth-order valence-electron chi connectivity index (χ4n) is 3.36. The second-order valence-electron chi connectivity index (χ2n) is 7.67. The molecule has 4 rings (SSSR count). The van der Waals surface area contributed by atoms with Crippen molar-refractivity contribution in [3.05, 3.63) is 65.4 Å². The van der Waals surface area contributed by atoms with Crippen LogP contribution in [-0.2, 0) is 4.79 Å². The largest absolute Gasteiger partial charge is 0.364 e. The average molecular weight is 524 g/mol. The first-order valence-electron chi connectivity index (χ1n) is 10.4. The maximum atomic E-state index is 12.8. The highest BCUT2D eigenvalue weighted by Gasteiger charge is 2.22. The number of carbonyl (C=O) groups is 2. The number of aromatic nitrogens is 5. The van der Waals surface area contributed by atoms with Crippen LogP contribution in [0.2, 0.25) is 0 Å². The van der Waals surface area contributed by atoms with Gasteiger partial charge < -0.3 is 16.4 Å². The van der Waals surface area contributed by atoms with Gasteiger partial charge in [0.1, 0.15) is 23.3 Å². The Labute approximate surface area is 203 Å². The van der Waals surface area contributed by atoms with Crippen molar-refractivity contribution in [3.8, 4) is 0 Å². The van der Waals surface area contributed by atoms with Gasteiger partial charge in [0.05, 0.1) is 23.6 Å². The molecule has 0 aliphatic carbocycles. The molecule has 12 heteroatoms. The van der Waals surface area contributed by atoms with Crippen LogP contribution in [0.5, 0.6) is 0 Å². The molecule has 0 aliphatic heterocycles. The first-order chi connectivity index (χ1) is 16.3. The van der Waals surface area contributed by atoms with E-state index in [9.17, 15) is 9.59 Å². The van der Waals surface area contributed by atoms with Gasteiger partial charge in [-0.3, -0.25) is 14.6 Å². The number of amides is 2. The van der Waals surface area contributed by atoms with Crippen LogP contribution in [0.15, 0.2) is 59.7 Å². The molecule has 1 aromatic carbocycles. The number of primary amides is 1. The van der Waals surface area contributed by atoms with Gasteiger partial charge >= 0.3 is 0 Å². The summed E-state index contributed by atoms with van der Waals surface area (Å²) in [7, 11) is 0. The Morgan fingerprint density at radius 2 is 1.91 bits per heavy atom. The second-order valence-corrected chi connectivity index (χ2v) is 8.48. The molecule has 0 atom stereocenters. The predicted molar refractivity (Wildman–Crippen MR) is 132 cm³/mol. The quantitative estimate of drug-likeness (QED) is 0.299. The maximum absolute atomic E-state index is 12.8. The van der Waals surface area contributed by atoms with E-state index < -0.39 is 5.91 Å². The predicted octanol–water partition coefficient (Wildman–Crippen LogP) is 2.81. The highest BCUT2D eigenvalue weighted by molar-refractivity contribution is 9.10. The third-order valence-corrected chi connectivity index (χ3v) is 5.31. The van der Waals surface area contributed by atoms with Crippen LogP contribution in [0.25, 0.3) is 10.9 Å².